The van der Waals surface area contributed by atoms with Crippen LogP contribution in [0.4, 0.5) is 5.82 Å². The molecule has 5 heterocycles. The number of aromatic nitrogens is 2. The molecule has 0 spiro atoms. The number of hydrogen-bond acceptors (Lipinski definition) is 7. The molecule has 1 N–H and O–H groups in total. The monoisotopic (exact) mass is 488 g/mol. The minimum absolute atomic E-state index is 0.469. The Labute approximate surface area is 215 Å². The van der Waals surface area contributed by atoms with Crippen LogP contribution < -0.4 is 15.0 Å². The number of ether oxygens (including phenoxy) is 1. The van der Waals surface area contributed by atoms with Crippen molar-refractivity contribution in [3.8, 4) is 6.01 Å². The number of likely N-dealkylation sites (tertiary alicyclic amines) is 1. The summed E-state index contributed by atoms with van der Waals surface area (Å²) in [4.78, 5) is 17.8. The van der Waals surface area contributed by atoms with Gasteiger partial charge in [-0.3, -0.25) is 4.90 Å². The molecule has 0 radical (unpaired) electrons. The molecule has 1 aromatic heterocycles. The average Bonchev–Trinajstić information content (AvgIpc) is 3.58. The number of nitrogens with one attached hydrogen (secondary N) is 1. The fourth-order valence-electron chi connectivity index (χ4n) is 7.53. The van der Waals surface area contributed by atoms with Crippen LogP contribution in [0.5, 0.6) is 6.01 Å². The molecule has 192 valence electrons. The molecule has 4 aliphatic heterocycles. The number of benzene rings is 1. The van der Waals surface area contributed by atoms with Crippen LogP contribution >= 0.6 is 0 Å². The second kappa shape index (κ2) is 9.26. The summed E-state index contributed by atoms with van der Waals surface area (Å²) in [6, 6.07) is 11.8. The van der Waals surface area contributed by atoms with Crippen molar-refractivity contribution < 1.29 is 4.74 Å². The molecule has 1 aliphatic carbocycles. The molecule has 4 unspecified atom stereocenters. The first kappa shape index (κ1) is 22.9. The van der Waals surface area contributed by atoms with Gasteiger partial charge in [-0.1, -0.05) is 31.2 Å². The Kier molecular flexibility index (Phi) is 5.90. The molecular weight excluding hydrogens is 448 g/mol. The third kappa shape index (κ3) is 4.09. The summed E-state index contributed by atoms with van der Waals surface area (Å²) in [5.41, 5.74) is 5.58. The van der Waals surface area contributed by atoms with E-state index in [1.165, 1.54) is 54.5 Å². The van der Waals surface area contributed by atoms with Gasteiger partial charge in [-0.25, -0.2) is 0 Å². The predicted molar refractivity (Wildman–Crippen MR) is 142 cm³/mol. The van der Waals surface area contributed by atoms with Crippen molar-refractivity contribution in [2.45, 2.75) is 82.1 Å². The maximum atomic E-state index is 6.34. The predicted octanol–water partition coefficient (Wildman–Crippen LogP) is 3.50. The molecule has 5 atom stereocenters. The number of nitrogens with zero attached hydrogens (tertiary/aromatic N) is 5. The molecule has 5 aliphatic rings. The Morgan fingerprint density at radius 1 is 1.03 bits per heavy atom. The van der Waals surface area contributed by atoms with Gasteiger partial charge in [0.2, 0.25) is 0 Å². The Hall–Kier alpha value is -2.22. The van der Waals surface area contributed by atoms with Gasteiger partial charge in [-0.15, -0.1) is 0 Å². The fraction of sp³-hybridized carbons (Fsp3) is 0.655. The lowest BCUT2D eigenvalue weighted by molar-refractivity contribution is 0.166. The van der Waals surface area contributed by atoms with E-state index in [4.69, 9.17) is 14.7 Å². The molecule has 7 heteroatoms. The summed E-state index contributed by atoms with van der Waals surface area (Å²) in [5.74, 6) is 1.76. The molecule has 0 saturated carbocycles. The summed E-state index contributed by atoms with van der Waals surface area (Å²) >= 11 is 0. The van der Waals surface area contributed by atoms with E-state index in [0.717, 1.165) is 45.0 Å². The molecule has 3 saturated heterocycles. The quantitative estimate of drug-likeness (QED) is 0.691. The number of rotatable bonds is 5. The molecule has 7 nitrogen and oxygen atoms in total. The van der Waals surface area contributed by atoms with Crippen LogP contribution in [0.25, 0.3) is 0 Å². The average molecular weight is 489 g/mol. The minimum atomic E-state index is 0.469. The van der Waals surface area contributed by atoms with Crippen molar-refractivity contribution in [2.24, 2.45) is 0 Å². The maximum Gasteiger partial charge on any atom is 0.318 e. The van der Waals surface area contributed by atoms with E-state index >= 15 is 0 Å². The summed E-state index contributed by atoms with van der Waals surface area (Å²) in [6.45, 7) is 8.25. The Bertz CT molecular complexity index is 1110. The SMILES string of the molecule is CC1CC(N2CCc3c(nc(OC[C@@H]4CCCN4C)nc3N3CC4CCC(C3)N4)C2)c2ccccc21. The smallest absolute Gasteiger partial charge is 0.318 e. The third-order valence-corrected chi connectivity index (χ3v) is 9.55. The summed E-state index contributed by atoms with van der Waals surface area (Å²) in [6.07, 6.45) is 7.22. The highest BCUT2D eigenvalue weighted by Gasteiger charge is 2.38. The van der Waals surface area contributed by atoms with Gasteiger partial charge in [0.05, 0.1) is 5.69 Å². The first-order valence-electron chi connectivity index (χ1n) is 14.2. The molecule has 1 aromatic carbocycles. The van der Waals surface area contributed by atoms with Gasteiger partial charge in [-0.2, -0.15) is 9.97 Å². The number of anilines is 1. The van der Waals surface area contributed by atoms with Gasteiger partial charge in [0.1, 0.15) is 12.4 Å². The zero-order valence-corrected chi connectivity index (χ0v) is 21.8. The van der Waals surface area contributed by atoms with Crippen molar-refractivity contribution >= 4 is 5.82 Å². The molecule has 2 bridgehead atoms. The summed E-state index contributed by atoms with van der Waals surface area (Å²) < 4.78 is 6.34. The fourth-order valence-corrected chi connectivity index (χ4v) is 7.53. The number of hydrogen-bond donors (Lipinski definition) is 1. The maximum absolute atomic E-state index is 6.34. The second-order valence-corrected chi connectivity index (χ2v) is 11.9. The van der Waals surface area contributed by atoms with Gasteiger partial charge in [0, 0.05) is 55.9 Å². The summed E-state index contributed by atoms with van der Waals surface area (Å²) in [5, 5.41) is 3.78. The lowest BCUT2D eigenvalue weighted by Crippen LogP contribution is -2.52. The van der Waals surface area contributed by atoms with E-state index in [-0.39, 0.29) is 0 Å². The van der Waals surface area contributed by atoms with Gasteiger partial charge < -0.3 is 19.9 Å². The van der Waals surface area contributed by atoms with Crippen LogP contribution in [-0.4, -0.2) is 77.7 Å². The van der Waals surface area contributed by atoms with Crippen LogP contribution in [0.2, 0.25) is 0 Å². The number of piperazine rings is 1. The zero-order chi connectivity index (χ0) is 24.2. The van der Waals surface area contributed by atoms with Crippen molar-refractivity contribution in [3.63, 3.8) is 0 Å². The zero-order valence-electron chi connectivity index (χ0n) is 21.8. The number of fused-ring (bicyclic) bond motifs is 4. The highest BCUT2D eigenvalue weighted by atomic mass is 16.5. The van der Waals surface area contributed by atoms with E-state index in [9.17, 15) is 0 Å². The standard InChI is InChI=1S/C29H40N6O/c1-19-14-27(24-8-4-3-7-23(19)24)34-13-11-25-26(17-34)31-29(36-18-22-6-5-12-33(22)2)32-28(25)35-15-20-9-10-21(16-35)30-20/h3-4,7-8,19-22,27,30H,5-6,9-18H2,1-2H3/t19?,20?,21?,22-,27?/m0/s1. The highest BCUT2D eigenvalue weighted by Crippen LogP contribution is 2.45. The highest BCUT2D eigenvalue weighted by molar-refractivity contribution is 5.52. The van der Waals surface area contributed by atoms with Crippen LogP contribution in [0.3, 0.4) is 0 Å². The van der Waals surface area contributed by atoms with E-state index in [2.05, 4.69) is 58.3 Å². The molecular formula is C29H40N6O. The van der Waals surface area contributed by atoms with Crippen LogP contribution in [0.1, 0.15) is 73.4 Å². The molecule has 3 fully saturated rings. The first-order chi connectivity index (χ1) is 17.6. The normalized spacial score (nSPS) is 32.1. The molecule has 36 heavy (non-hydrogen) atoms. The van der Waals surface area contributed by atoms with Crippen molar-refractivity contribution in [1.82, 2.24) is 25.1 Å². The lowest BCUT2D eigenvalue weighted by Gasteiger charge is -2.38. The van der Waals surface area contributed by atoms with Gasteiger partial charge in [0.15, 0.2) is 0 Å². The molecule has 0 amide bonds. The Morgan fingerprint density at radius 2 is 1.83 bits per heavy atom. The Morgan fingerprint density at radius 3 is 2.61 bits per heavy atom. The van der Waals surface area contributed by atoms with E-state index in [0.29, 0.717) is 42.7 Å². The van der Waals surface area contributed by atoms with Crippen molar-refractivity contribution in [1.29, 1.82) is 0 Å². The van der Waals surface area contributed by atoms with Gasteiger partial charge in [0.25, 0.3) is 0 Å². The van der Waals surface area contributed by atoms with E-state index in [1.807, 2.05) is 0 Å². The molecule has 7 rings (SSSR count). The second-order valence-electron chi connectivity index (χ2n) is 11.9. The van der Waals surface area contributed by atoms with Gasteiger partial charge >= 0.3 is 6.01 Å². The minimum Gasteiger partial charge on any atom is -0.462 e. The summed E-state index contributed by atoms with van der Waals surface area (Å²) in [7, 11) is 2.20. The Balaban J connectivity index is 1.18. The first-order valence-corrected chi connectivity index (χ1v) is 14.2. The van der Waals surface area contributed by atoms with Crippen LogP contribution in [0, 0.1) is 0 Å². The van der Waals surface area contributed by atoms with E-state index in [1.54, 1.807) is 0 Å². The van der Waals surface area contributed by atoms with Gasteiger partial charge in [-0.05, 0) is 69.2 Å². The third-order valence-electron chi connectivity index (χ3n) is 9.55. The van der Waals surface area contributed by atoms with E-state index < -0.39 is 0 Å². The lowest BCUT2D eigenvalue weighted by atomic mass is 10.00. The van der Waals surface area contributed by atoms with Crippen molar-refractivity contribution in [3.05, 3.63) is 46.6 Å². The topological polar surface area (TPSA) is 56.8 Å². The van der Waals surface area contributed by atoms with Crippen LogP contribution in [-0.2, 0) is 13.0 Å². The van der Waals surface area contributed by atoms with Crippen molar-refractivity contribution in [2.75, 3.05) is 44.7 Å². The largest absolute Gasteiger partial charge is 0.462 e. The van der Waals surface area contributed by atoms with Crippen LogP contribution in [0.15, 0.2) is 24.3 Å². The molecule has 2 aromatic rings. The number of likely N-dealkylation sites (N-methyl/N-ethyl adjacent to an activating group) is 1.